The molecule has 1 atom stereocenters. The fourth-order valence-electron chi connectivity index (χ4n) is 3.74. The van der Waals surface area contributed by atoms with Crippen molar-refractivity contribution in [2.24, 2.45) is 5.92 Å². The van der Waals surface area contributed by atoms with Crippen molar-refractivity contribution in [2.45, 2.75) is 11.3 Å². The molecule has 1 saturated heterocycles. The summed E-state index contributed by atoms with van der Waals surface area (Å²) in [5.74, 6) is -0.567. The van der Waals surface area contributed by atoms with Gasteiger partial charge in [-0.1, -0.05) is 30.3 Å². The van der Waals surface area contributed by atoms with Crippen LogP contribution in [0.2, 0.25) is 0 Å². The highest BCUT2D eigenvalue weighted by molar-refractivity contribution is 7.92. The molecule has 1 heterocycles. The molecule has 0 spiro atoms. The van der Waals surface area contributed by atoms with Gasteiger partial charge in [-0.05, 0) is 60.9 Å². The second-order valence-corrected chi connectivity index (χ2v) is 9.44. The highest BCUT2D eigenvalue weighted by Crippen LogP contribution is 2.23. The molecule has 3 aromatic rings. The number of halogens is 1. The molecular formula is C24H24FN3O3S. The van der Waals surface area contributed by atoms with E-state index in [1.54, 1.807) is 0 Å². The van der Waals surface area contributed by atoms with Crippen molar-refractivity contribution in [1.82, 2.24) is 5.32 Å². The Morgan fingerprint density at radius 2 is 1.66 bits per heavy atom. The topological polar surface area (TPSA) is 78.5 Å². The molecule has 0 saturated carbocycles. The SMILES string of the molecule is O=C(NCC1CCN(c2ccccc2)C1)c1ccc(S(=O)(=O)Nc2ccccc2F)cc1. The lowest BCUT2D eigenvalue weighted by Crippen LogP contribution is -2.31. The van der Waals surface area contributed by atoms with Crippen molar-refractivity contribution in [1.29, 1.82) is 0 Å². The minimum Gasteiger partial charge on any atom is -0.371 e. The van der Waals surface area contributed by atoms with Gasteiger partial charge < -0.3 is 10.2 Å². The molecule has 0 aromatic heterocycles. The number of nitrogens with one attached hydrogen (secondary N) is 2. The number of carbonyl (C=O) groups excluding carboxylic acids is 1. The number of para-hydroxylation sites is 2. The lowest BCUT2D eigenvalue weighted by molar-refractivity contribution is 0.0948. The fourth-order valence-corrected chi connectivity index (χ4v) is 4.81. The molecule has 1 fully saturated rings. The molecule has 3 aromatic carbocycles. The van der Waals surface area contributed by atoms with Gasteiger partial charge in [-0.15, -0.1) is 0 Å². The van der Waals surface area contributed by atoms with Crippen LogP contribution in [-0.4, -0.2) is 34.0 Å². The van der Waals surface area contributed by atoms with Gasteiger partial charge in [0.05, 0.1) is 10.6 Å². The zero-order valence-corrected chi connectivity index (χ0v) is 18.2. The smallest absolute Gasteiger partial charge is 0.261 e. The predicted octanol–water partition coefficient (Wildman–Crippen LogP) is 3.88. The Balaban J connectivity index is 1.33. The van der Waals surface area contributed by atoms with Gasteiger partial charge in [-0.3, -0.25) is 9.52 Å². The van der Waals surface area contributed by atoms with Crippen LogP contribution in [0.1, 0.15) is 16.8 Å². The zero-order chi connectivity index (χ0) is 22.6. The zero-order valence-electron chi connectivity index (χ0n) is 17.4. The first-order chi connectivity index (χ1) is 15.4. The van der Waals surface area contributed by atoms with E-state index in [9.17, 15) is 17.6 Å². The van der Waals surface area contributed by atoms with Crippen LogP contribution in [0.15, 0.2) is 83.8 Å². The number of rotatable bonds is 7. The second kappa shape index (κ2) is 9.40. The van der Waals surface area contributed by atoms with Gasteiger partial charge in [-0.25, -0.2) is 12.8 Å². The number of benzene rings is 3. The molecular weight excluding hydrogens is 429 g/mol. The van der Waals surface area contributed by atoms with Gasteiger partial charge in [0.2, 0.25) is 0 Å². The molecule has 0 bridgehead atoms. The molecule has 1 aliphatic heterocycles. The van der Waals surface area contributed by atoms with E-state index in [0.717, 1.165) is 19.5 Å². The van der Waals surface area contributed by atoms with Crippen LogP contribution in [0.3, 0.4) is 0 Å². The number of sulfonamides is 1. The van der Waals surface area contributed by atoms with Crippen LogP contribution in [0.25, 0.3) is 0 Å². The number of carbonyl (C=O) groups is 1. The van der Waals surface area contributed by atoms with E-state index in [1.165, 1.54) is 54.2 Å². The lowest BCUT2D eigenvalue weighted by Gasteiger charge is -2.18. The molecule has 4 rings (SSSR count). The van der Waals surface area contributed by atoms with Gasteiger partial charge in [0.15, 0.2) is 0 Å². The normalized spacial score (nSPS) is 16.0. The number of nitrogens with zero attached hydrogens (tertiary/aromatic N) is 1. The minimum absolute atomic E-state index is 0.0494. The molecule has 1 amide bonds. The predicted molar refractivity (Wildman–Crippen MR) is 123 cm³/mol. The Morgan fingerprint density at radius 1 is 0.969 bits per heavy atom. The third kappa shape index (κ3) is 5.08. The summed E-state index contributed by atoms with van der Waals surface area (Å²) in [5, 5.41) is 2.94. The monoisotopic (exact) mass is 453 g/mol. The first-order valence-corrected chi connectivity index (χ1v) is 11.9. The summed E-state index contributed by atoms with van der Waals surface area (Å²) < 4.78 is 41.0. The van der Waals surface area contributed by atoms with Gasteiger partial charge in [0, 0.05) is 30.9 Å². The minimum atomic E-state index is -3.96. The van der Waals surface area contributed by atoms with Gasteiger partial charge in [-0.2, -0.15) is 0 Å². The molecule has 32 heavy (non-hydrogen) atoms. The first kappa shape index (κ1) is 21.8. The second-order valence-electron chi connectivity index (χ2n) is 7.76. The van der Waals surface area contributed by atoms with Crippen LogP contribution >= 0.6 is 0 Å². The molecule has 1 aliphatic rings. The van der Waals surface area contributed by atoms with Crippen molar-refractivity contribution in [3.8, 4) is 0 Å². The average molecular weight is 454 g/mol. The Hall–Kier alpha value is -3.39. The molecule has 0 radical (unpaired) electrons. The summed E-state index contributed by atoms with van der Waals surface area (Å²) in [5.41, 5.74) is 1.42. The summed E-state index contributed by atoms with van der Waals surface area (Å²) in [7, 11) is -3.96. The number of hydrogen-bond donors (Lipinski definition) is 2. The third-order valence-electron chi connectivity index (χ3n) is 5.50. The van der Waals surface area contributed by atoms with Crippen LogP contribution in [0.5, 0.6) is 0 Å². The van der Waals surface area contributed by atoms with E-state index in [0.29, 0.717) is 18.0 Å². The largest absolute Gasteiger partial charge is 0.371 e. The molecule has 0 aliphatic carbocycles. The first-order valence-electron chi connectivity index (χ1n) is 10.4. The Kier molecular flexibility index (Phi) is 6.41. The Morgan fingerprint density at radius 3 is 2.38 bits per heavy atom. The molecule has 166 valence electrons. The Labute approximate surface area is 187 Å². The molecule has 2 N–H and O–H groups in total. The summed E-state index contributed by atoms with van der Waals surface area (Å²) >= 11 is 0. The van der Waals surface area contributed by atoms with E-state index in [-0.39, 0.29) is 16.5 Å². The van der Waals surface area contributed by atoms with Gasteiger partial charge >= 0.3 is 0 Å². The van der Waals surface area contributed by atoms with E-state index in [4.69, 9.17) is 0 Å². The molecule has 6 nitrogen and oxygen atoms in total. The summed E-state index contributed by atoms with van der Waals surface area (Å²) in [6, 6.07) is 21.3. The average Bonchev–Trinajstić information content (AvgIpc) is 3.29. The Bertz CT molecular complexity index is 1180. The maximum absolute atomic E-state index is 13.8. The van der Waals surface area contributed by atoms with Crippen molar-refractivity contribution >= 4 is 27.3 Å². The number of amides is 1. The van der Waals surface area contributed by atoms with E-state index >= 15 is 0 Å². The van der Waals surface area contributed by atoms with Crippen LogP contribution < -0.4 is 14.9 Å². The maximum Gasteiger partial charge on any atom is 0.261 e. The lowest BCUT2D eigenvalue weighted by atomic mass is 10.1. The van der Waals surface area contributed by atoms with Crippen LogP contribution in [0.4, 0.5) is 15.8 Å². The molecule has 1 unspecified atom stereocenters. The summed E-state index contributed by atoms with van der Waals surface area (Å²) in [4.78, 5) is 14.8. The van der Waals surface area contributed by atoms with Gasteiger partial charge in [0.25, 0.3) is 15.9 Å². The quantitative estimate of drug-likeness (QED) is 0.569. The highest BCUT2D eigenvalue weighted by Gasteiger charge is 2.23. The van der Waals surface area contributed by atoms with Crippen LogP contribution in [0, 0.1) is 11.7 Å². The van der Waals surface area contributed by atoms with E-state index in [1.807, 2.05) is 18.2 Å². The third-order valence-corrected chi connectivity index (χ3v) is 6.88. The highest BCUT2D eigenvalue weighted by atomic mass is 32.2. The van der Waals surface area contributed by atoms with E-state index < -0.39 is 15.8 Å². The maximum atomic E-state index is 13.8. The van der Waals surface area contributed by atoms with Crippen molar-refractivity contribution in [3.05, 3.63) is 90.2 Å². The standard InChI is InChI=1S/C24H24FN3O3S/c25-22-8-4-5-9-23(22)27-32(30,31)21-12-10-19(11-13-21)24(29)26-16-18-14-15-28(17-18)20-6-2-1-3-7-20/h1-13,18,27H,14-17H2,(H,26,29). The number of hydrogen-bond acceptors (Lipinski definition) is 4. The van der Waals surface area contributed by atoms with Crippen molar-refractivity contribution in [3.63, 3.8) is 0 Å². The number of anilines is 2. The van der Waals surface area contributed by atoms with Crippen molar-refractivity contribution < 1.29 is 17.6 Å². The summed E-state index contributed by atoms with van der Waals surface area (Å²) in [6.07, 6.45) is 0.994. The van der Waals surface area contributed by atoms with E-state index in [2.05, 4.69) is 27.1 Å². The van der Waals surface area contributed by atoms with Gasteiger partial charge in [0.1, 0.15) is 5.82 Å². The van der Waals surface area contributed by atoms with Crippen molar-refractivity contribution in [2.75, 3.05) is 29.3 Å². The van der Waals surface area contributed by atoms with Crippen LogP contribution in [-0.2, 0) is 10.0 Å². The molecule has 8 heteroatoms. The summed E-state index contributed by atoms with van der Waals surface area (Å²) in [6.45, 7) is 2.38. The fraction of sp³-hybridized carbons (Fsp3) is 0.208.